The van der Waals surface area contributed by atoms with Gasteiger partial charge >= 0.3 is 0 Å². The molecule has 0 spiro atoms. The van der Waals surface area contributed by atoms with Gasteiger partial charge in [-0.2, -0.15) is 0 Å². The number of aliphatic hydroxyl groups is 1. The van der Waals surface area contributed by atoms with Crippen LogP contribution in [0.4, 0.5) is 5.69 Å². The molecule has 0 bridgehead atoms. The number of hydrogen-bond acceptors (Lipinski definition) is 4. The lowest BCUT2D eigenvalue weighted by Gasteiger charge is -2.37. The standard InChI is InChI=1S/C21H26ClN3O2/c1-15-6-7-19(23-14-15)21(27)9-12-25(13-10-21)11-8-20(26)24-18-5-3-4-17(22)16(18)2/h3-7,14,27H,8-13H2,1-2H3,(H,24,26). The Morgan fingerprint density at radius 3 is 2.67 bits per heavy atom. The van der Waals surface area contributed by atoms with Gasteiger partial charge in [0.05, 0.1) is 5.69 Å². The Balaban J connectivity index is 1.48. The summed E-state index contributed by atoms with van der Waals surface area (Å²) in [6, 6.07) is 9.38. The molecule has 0 aliphatic carbocycles. The molecule has 0 atom stereocenters. The summed E-state index contributed by atoms with van der Waals surface area (Å²) in [4.78, 5) is 18.9. The Bertz CT molecular complexity index is 800. The zero-order chi connectivity index (χ0) is 19.4. The molecule has 1 aliphatic heterocycles. The van der Waals surface area contributed by atoms with Gasteiger partial charge in [-0.15, -0.1) is 0 Å². The maximum absolute atomic E-state index is 12.3. The second-order valence-corrected chi connectivity index (χ2v) is 7.71. The van der Waals surface area contributed by atoms with Crippen LogP contribution >= 0.6 is 11.6 Å². The van der Waals surface area contributed by atoms with Crippen LogP contribution in [-0.4, -0.2) is 40.5 Å². The molecule has 27 heavy (non-hydrogen) atoms. The number of hydrogen-bond donors (Lipinski definition) is 2. The number of aromatic nitrogens is 1. The number of rotatable bonds is 5. The van der Waals surface area contributed by atoms with E-state index >= 15 is 0 Å². The molecule has 1 aromatic heterocycles. The molecular formula is C21H26ClN3O2. The molecule has 0 radical (unpaired) electrons. The summed E-state index contributed by atoms with van der Waals surface area (Å²) in [5.74, 6) is -0.0265. The third kappa shape index (κ3) is 4.86. The molecule has 1 aromatic carbocycles. The van der Waals surface area contributed by atoms with Gasteiger partial charge in [0, 0.05) is 43.0 Å². The van der Waals surface area contributed by atoms with Gasteiger partial charge in [-0.1, -0.05) is 23.7 Å². The van der Waals surface area contributed by atoms with Crippen molar-refractivity contribution in [3.05, 3.63) is 58.4 Å². The van der Waals surface area contributed by atoms with Gasteiger partial charge < -0.3 is 15.3 Å². The van der Waals surface area contributed by atoms with E-state index < -0.39 is 5.60 Å². The van der Waals surface area contributed by atoms with E-state index in [0.29, 0.717) is 30.8 Å². The number of benzene rings is 1. The van der Waals surface area contributed by atoms with Crippen molar-refractivity contribution in [3.63, 3.8) is 0 Å². The van der Waals surface area contributed by atoms with Gasteiger partial charge in [-0.3, -0.25) is 9.78 Å². The number of halogens is 1. The van der Waals surface area contributed by atoms with Crippen LogP contribution in [0.25, 0.3) is 0 Å². The van der Waals surface area contributed by atoms with E-state index in [1.165, 1.54) is 0 Å². The predicted molar refractivity (Wildman–Crippen MR) is 108 cm³/mol. The largest absolute Gasteiger partial charge is 0.383 e. The third-order valence-electron chi connectivity index (χ3n) is 5.27. The molecule has 3 rings (SSSR count). The number of anilines is 1. The highest BCUT2D eigenvalue weighted by Gasteiger charge is 2.35. The van der Waals surface area contributed by atoms with E-state index in [4.69, 9.17) is 11.6 Å². The second-order valence-electron chi connectivity index (χ2n) is 7.30. The van der Waals surface area contributed by atoms with Gasteiger partial charge in [-0.05, 0) is 56.0 Å². The van der Waals surface area contributed by atoms with Gasteiger partial charge in [0.15, 0.2) is 0 Å². The van der Waals surface area contributed by atoms with Crippen LogP contribution in [0, 0.1) is 13.8 Å². The van der Waals surface area contributed by atoms with Crippen LogP contribution in [0.2, 0.25) is 5.02 Å². The number of nitrogens with one attached hydrogen (secondary N) is 1. The summed E-state index contributed by atoms with van der Waals surface area (Å²) in [5.41, 5.74) is 2.58. The molecule has 1 fully saturated rings. The smallest absolute Gasteiger partial charge is 0.225 e. The lowest BCUT2D eigenvalue weighted by Crippen LogP contribution is -2.43. The summed E-state index contributed by atoms with van der Waals surface area (Å²) in [5, 5.41) is 14.5. The fraction of sp³-hybridized carbons (Fsp3) is 0.429. The molecule has 144 valence electrons. The van der Waals surface area contributed by atoms with Gasteiger partial charge in [-0.25, -0.2) is 0 Å². The van der Waals surface area contributed by atoms with Crippen LogP contribution in [0.15, 0.2) is 36.5 Å². The first-order valence-electron chi connectivity index (χ1n) is 9.30. The SMILES string of the molecule is Cc1ccc(C2(O)CCN(CCC(=O)Nc3cccc(Cl)c3C)CC2)nc1. The molecule has 6 heteroatoms. The van der Waals surface area contributed by atoms with Crippen molar-refractivity contribution in [2.45, 2.75) is 38.7 Å². The van der Waals surface area contributed by atoms with Crippen LogP contribution in [-0.2, 0) is 10.4 Å². The highest BCUT2D eigenvalue weighted by atomic mass is 35.5. The average Bonchev–Trinajstić information content (AvgIpc) is 2.65. The number of piperidine rings is 1. The minimum absolute atomic E-state index is 0.0265. The summed E-state index contributed by atoms with van der Waals surface area (Å²) in [6.45, 7) is 6.04. The van der Waals surface area contributed by atoms with Crippen molar-refractivity contribution in [2.24, 2.45) is 0 Å². The van der Waals surface area contributed by atoms with Crippen LogP contribution in [0.5, 0.6) is 0 Å². The first kappa shape index (κ1) is 19.8. The third-order valence-corrected chi connectivity index (χ3v) is 5.68. The van der Waals surface area contributed by atoms with E-state index in [1.54, 1.807) is 6.20 Å². The Morgan fingerprint density at radius 1 is 1.26 bits per heavy atom. The summed E-state index contributed by atoms with van der Waals surface area (Å²) in [7, 11) is 0. The van der Waals surface area contributed by atoms with Gasteiger partial charge in [0.1, 0.15) is 5.60 Å². The van der Waals surface area contributed by atoms with E-state index in [9.17, 15) is 9.90 Å². The van der Waals surface area contributed by atoms with E-state index in [2.05, 4.69) is 15.2 Å². The molecule has 0 saturated carbocycles. The van der Waals surface area contributed by atoms with Crippen molar-refractivity contribution in [3.8, 4) is 0 Å². The number of likely N-dealkylation sites (tertiary alicyclic amines) is 1. The van der Waals surface area contributed by atoms with E-state index in [1.807, 2.05) is 44.2 Å². The molecule has 2 N–H and O–H groups in total. The van der Waals surface area contributed by atoms with E-state index in [-0.39, 0.29) is 5.91 Å². The minimum Gasteiger partial charge on any atom is -0.383 e. The topological polar surface area (TPSA) is 65.5 Å². The highest BCUT2D eigenvalue weighted by Crippen LogP contribution is 2.31. The number of carbonyl (C=O) groups is 1. The Morgan fingerprint density at radius 2 is 2.00 bits per heavy atom. The summed E-state index contributed by atoms with van der Waals surface area (Å²) < 4.78 is 0. The predicted octanol–water partition coefficient (Wildman–Crippen LogP) is 3.66. The Hall–Kier alpha value is -1.95. The van der Waals surface area contributed by atoms with Crippen molar-refractivity contribution in [1.82, 2.24) is 9.88 Å². The highest BCUT2D eigenvalue weighted by molar-refractivity contribution is 6.31. The number of aryl methyl sites for hydroxylation is 1. The second kappa shape index (κ2) is 8.38. The first-order valence-corrected chi connectivity index (χ1v) is 9.68. The molecule has 1 amide bonds. The lowest BCUT2D eigenvalue weighted by molar-refractivity contribution is -0.116. The van der Waals surface area contributed by atoms with Crippen LogP contribution < -0.4 is 5.32 Å². The van der Waals surface area contributed by atoms with Crippen LogP contribution in [0.3, 0.4) is 0 Å². The lowest BCUT2D eigenvalue weighted by atomic mass is 9.87. The summed E-state index contributed by atoms with van der Waals surface area (Å²) >= 11 is 6.09. The Labute approximate surface area is 165 Å². The molecule has 1 aliphatic rings. The Kier molecular flexibility index (Phi) is 6.15. The minimum atomic E-state index is -0.871. The van der Waals surface area contributed by atoms with E-state index in [0.717, 1.165) is 35.6 Å². The van der Waals surface area contributed by atoms with Crippen molar-refractivity contribution in [1.29, 1.82) is 0 Å². The molecule has 2 heterocycles. The van der Waals surface area contributed by atoms with Crippen LogP contribution in [0.1, 0.15) is 36.1 Å². The fourth-order valence-electron chi connectivity index (χ4n) is 3.36. The van der Waals surface area contributed by atoms with Crippen molar-refractivity contribution >= 4 is 23.2 Å². The molecule has 0 unspecified atom stereocenters. The van der Waals surface area contributed by atoms with Gasteiger partial charge in [0.25, 0.3) is 0 Å². The maximum atomic E-state index is 12.3. The normalized spacial score (nSPS) is 16.9. The molecule has 1 saturated heterocycles. The molecular weight excluding hydrogens is 362 g/mol. The number of amides is 1. The number of carbonyl (C=O) groups excluding carboxylic acids is 1. The number of pyridine rings is 1. The average molecular weight is 388 g/mol. The molecule has 2 aromatic rings. The monoisotopic (exact) mass is 387 g/mol. The van der Waals surface area contributed by atoms with Crippen molar-refractivity contribution < 1.29 is 9.90 Å². The molecule has 5 nitrogen and oxygen atoms in total. The quantitative estimate of drug-likeness (QED) is 0.821. The van der Waals surface area contributed by atoms with Gasteiger partial charge in [0.2, 0.25) is 5.91 Å². The number of nitrogens with zero attached hydrogens (tertiary/aromatic N) is 2. The summed E-state index contributed by atoms with van der Waals surface area (Å²) in [6.07, 6.45) is 3.45. The zero-order valence-electron chi connectivity index (χ0n) is 15.8. The fourth-order valence-corrected chi connectivity index (χ4v) is 3.54. The maximum Gasteiger partial charge on any atom is 0.225 e. The van der Waals surface area contributed by atoms with Crippen molar-refractivity contribution in [2.75, 3.05) is 25.0 Å². The first-order chi connectivity index (χ1) is 12.9. The zero-order valence-corrected chi connectivity index (χ0v) is 16.6.